The minimum absolute atomic E-state index is 0.0104. The fourth-order valence-electron chi connectivity index (χ4n) is 3.69. The second kappa shape index (κ2) is 8.66. The van der Waals surface area contributed by atoms with Gasteiger partial charge in [0, 0.05) is 24.5 Å². The Morgan fingerprint density at radius 1 is 1.19 bits per heavy atom. The minimum atomic E-state index is -0.171. The summed E-state index contributed by atoms with van der Waals surface area (Å²) in [6, 6.07) is 1.98. The maximum Gasteiger partial charge on any atom is 0.261 e. The number of carbonyl (C=O) groups is 3. The Labute approximate surface area is 158 Å². The molecule has 7 heteroatoms. The quantitative estimate of drug-likeness (QED) is 0.820. The first kappa shape index (κ1) is 18.9. The van der Waals surface area contributed by atoms with Crippen LogP contribution < -0.4 is 10.6 Å². The number of rotatable bonds is 5. The van der Waals surface area contributed by atoms with Crippen molar-refractivity contribution < 1.29 is 14.4 Å². The summed E-state index contributed by atoms with van der Waals surface area (Å²) in [6.07, 6.45) is 6.11. The van der Waals surface area contributed by atoms with E-state index < -0.39 is 0 Å². The highest BCUT2D eigenvalue weighted by atomic mass is 32.1. The van der Waals surface area contributed by atoms with Crippen molar-refractivity contribution in [1.82, 2.24) is 15.5 Å². The maximum absolute atomic E-state index is 12.4. The van der Waals surface area contributed by atoms with Gasteiger partial charge >= 0.3 is 0 Å². The van der Waals surface area contributed by atoms with Gasteiger partial charge in [0.05, 0.1) is 17.3 Å². The zero-order chi connectivity index (χ0) is 18.5. The van der Waals surface area contributed by atoms with Crippen LogP contribution in [-0.2, 0) is 22.4 Å². The average Bonchev–Trinajstić information content (AvgIpc) is 3.10. The van der Waals surface area contributed by atoms with Gasteiger partial charge in [-0.2, -0.15) is 0 Å². The molecular weight excluding hydrogens is 350 g/mol. The predicted octanol–water partition coefficient (Wildman–Crippen LogP) is 1.73. The summed E-state index contributed by atoms with van der Waals surface area (Å²) in [5, 5.41) is 5.58. The molecule has 26 heavy (non-hydrogen) atoms. The molecule has 1 aliphatic carbocycles. The number of nitrogens with zero attached hydrogens (tertiary/aromatic N) is 1. The molecule has 1 aromatic heterocycles. The van der Waals surface area contributed by atoms with Crippen molar-refractivity contribution in [2.45, 2.75) is 45.4 Å². The lowest BCUT2D eigenvalue weighted by Gasteiger charge is -2.32. The molecule has 0 unspecified atom stereocenters. The average molecular weight is 378 g/mol. The fourth-order valence-corrected chi connectivity index (χ4v) is 4.86. The number of fused-ring (bicyclic) bond motifs is 1. The lowest BCUT2D eigenvalue weighted by Crippen LogP contribution is -2.48. The number of amides is 3. The topological polar surface area (TPSA) is 78.5 Å². The van der Waals surface area contributed by atoms with E-state index in [1.807, 2.05) is 13.0 Å². The predicted molar refractivity (Wildman–Crippen MR) is 101 cm³/mol. The molecule has 2 N–H and O–H groups in total. The highest BCUT2D eigenvalue weighted by Crippen LogP contribution is 2.29. The van der Waals surface area contributed by atoms with Gasteiger partial charge in [-0.3, -0.25) is 14.4 Å². The van der Waals surface area contributed by atoms with Crippen LogP contribution in [0.25, 0.3) is 0 Å². The molecule has 0 aromatic carbocycles. The molecule has 0 saturated carbocycles. The van der Waals surface area contributed by atoms with Crippen LogP contribution in [0.2, 0.25) is 0 Å². The van der Waals surface area contributed by atoms with Crippen molar-refractivity contribution in [2.24, 2.45) is 5.92 Å². The second-order valence-corrected chi connectivity index (χ2v) is 8.16. The van der Waals surface area contributed by atoms with Gasteiger partial charge < -0.3 is 15.5 Å². The van der Waals surface area contributed by atoms with Crippen molar-refractivity contribution in [3.05, 3.63) is 21.4 Å². The summed E-state index contributed by atoms with van der Waals surface area (Å²) in [7, 11) is 0. The molecule has 142 valence electrons. The van der Waals surface area contributed by atoms with Crippen LogP contribution in [0.15, 0.2) is 6.07 Å². The Morgan fingerprint density at radius 3 is 2.77 bits per heavy atom. The number of hydrogen-bond donors (Lipinski definition) is 2. The number of aryl methyl sites for hydroxylation is 2. The van der Waals surface area contributed by atoms with Gasteiger partial charge in [0.2, 0.25) is 11.8 Å². The molecule has 1 saturated heterocycles. The lowest BCUT2D eigenvalue weighted by molar-refractivity contribution is -0.134. The van der Waals surface area contributed by atoms with E-state index in [0.29, 0.717) is 24.5 Å². The fraction of sp³-hybridized carbons (Fsp3) is 0.632. The van der Waals surface area contributed by atoms with Crippen LogP contribution in [0.5, 0.6) is 0 Å². The summed E-state index contributed by atoms with van der Waals surface area (Å²) in [4.78, 5) is 40.5. The summed E-state index contributed by atoms with van der Waals surface area (Å²) >= 11 is 1.55. The second-order valence-electron chi connectivity index (χ2n) is 7.02. The van der Waals surface area contributed by atoms with E-state index in [0.717, 1.165) is 25.7 Å². The summed E-state index contributed by atoms with van der Waals surface area (Å²) in [6.45, 7) is 3.57. The zero-order valence-electron chi connectivity index (χ0n) is 15.3. The van der Waals surface area contributed by atoms with Gasteiger partial charge in [0.1, 0.15) is 0 Å². The normalized spacial score (nSPS) is 19.6. The maximum atomic E-state index is 12.4. The van der Waals surface area contributed by atoms with Crippen molar-refractivity contribution in [2.75, 3.05) is 26.2 Å². The van der Waals surface area contributed by atoms with Crippen LogP contribution >= 0.6 is 11.3 Å². The monoisotopic (exact) mass is 377 g/mol. The third-order valence-electron chi connectivity index (χ3n) is 5.12. The first-order valence-corrected chi connectivity index (χ1v) is 10.4. The third-order valence-corrected chi connectivity index (χ3v) is 6.35. The number of thiophene rings is 1. The Balaban J connectivity index is 1.50. The van der Waals surface area contributed by atoms with Gasteiger partial charge in [-0.05, 0) is 57.1 Å². The van der Waals surface area contributed by atoms with Crippen LogP contribution in [0.3, 0.4) is 0 Å². The number of carbonyl (C=O) groups excluding carboxylic acids is 3. The van der Waals surface area contributed by atoms with Crippen LogP contribution in [-0.4, -0.2) is 48.8 Å². The molecular formula is C19H27N3O3S. The van der Waals surface area contributed by atoms with E-state index in [4.69, 9.17) is 0 Å². The highest BCUT2D eigenvalue weighted by Gasteiger charge is 2.28. The minimum Gasteiger partial charge on any atom is -0.356 e. The molecule has 1 aromatic rings. The van der Waals surface area contributed by atoms with E-state index in [1.165, 1.54) is 23.3 Å². The molecule has 1 aliphatic heterocycles. The molecule has 2 heterocycles. The van der Waals surface area contributed by atoms with E-state index >= 15 is 0 Å². The van der Waals surface area contributed by atoms with Crippen LogP contribution in [0.1, 0.15) is 52.7 Å². The first-order chi connectivity index (χ1) is 12.6. The van der Waals surface area contributed by atoms with Crippen molar-refractivity contribution in [3.63, 3.8) is 0 Å². The molecule has 2 aliphatic rings. The highest BCUT2D eigenvalue weighted by molar-refractivity contribution is 7.14. The Kier molecular flexibility index (Phi) is 6.29. The number of hydrogen-bond acceptors (Lipinski definition) is 4. The molecule has 0 radical (unpaired) electrons. The van der Waals surface area contributed by atoms with Crippen LogP contribution in [0.4, 0.5) is 0 Å². The summed E-state index contributed by atoms with van der Waals surface area (Å²) in [5.41, 5.74) is 1.29. The number of nitrogens with one attached hydrogen (secondary N) is 2. The Morgan fingerprint density at radius 2 is 2.00 bits per heavy atom. The van der Waals surface area contributed by atoms with Gasteiger partial charge in [-0.15, -0.1) is 11.3 Å². The molecule has 6 nitrogen and oxygen atoms in total. The molecule has 0 spiro atoms. The Bertz CT molecular complexity index is 662. The number of likely N-dealkylation sites (tertiary alicyclic amines) is 1. The van der Waals surface area contributed by atoms with Crippen molar-refractivity contribution in [3.8, 4) is 0 Å². The Hall–Kier alpha value is -1.89. The molecule has 1 atom stereocenters. The SMILES string of the molecule is CCNC(=O)[C@H]1CCCN(C(=O)CNC(=O)c2cc3c(s2)CCCC3)C1. The van der Waals surface area contributed by atoms with Gasteiger partial charge in [0.15, 0.2) is 0 Å². The first-order valence-electron chi connectivity index (χ1n) is 9.53. The van der Waals surface area contributed by atoms with Crippen LogP contribution in [0, 0.1) is 5.92 Å². The third kappa shape index (κ3) is 4.44. The van der Waals surface area contributed by atoms with E-state index in [9.17, 15) is 14.4 Å². The summed E-state index contributed by atoms with van der Waals surface area (Å²) in [5.74, 6) is -0.422. The van der Waals surface area contributed by atoms with Crippen molar-refractivity contribution >= 4 is 29.1 Å². The summed E-state index contributed by atoms with van der Waals surface area (Å²) < 4.78 is 0. The van der Waals surface area contributed by atoms with E-state index in [2.05, 4.69) is 10.6 Å². The lowest BCUT2D eigenvalue weighted by atomic mass is 9.97. The van der Waals surface area contributed by atoms with Crippen molar-refractivity contribution in [1.29, 1.82) is 0 Å². The molecule has 3 amide bonds. The van der Waals surface area contributed by atoms with Gasteiger partial charge in [0.25, 0.3) is 5.91 Å². The van der Waals surface area contributed by atoms with E-state index in [1.54, 1.807) is 16.2 Å². The van der Waals surface area contributed by atoms with E-state index in [-0.39, 0.29) is 30.2 Å². The molecule has 3 rings (SSSR count). The smallest absolute Gasteiger partial charge is 0.261 e. The molecule has 1 fully saturated rings. The largest absolute Gasteiger partial charge is 0.356 e. The van der Waals surface area contributed by atoms with Gasteiger partial charge in [-0.1, -0.05) is 0 Å². The number of piperidine rings is 1. The standard InChI is InChI=1S/C19H27N3O3S/c1-2-20-18(24)14-7-5-9-22(12-14)17(23)11-21-19(25)16-10-13-6-3-4-8-15(13)26-16/h10,14H,2-9,11-12H2,1H3,(H,20,24)(H,21,25)/t14-/m0/s1. The van der Waals surface area contributed by atoms with Gasteiger partial charge in [-0.25, -0.2) is 0 Å². The zero-order valence-corrected chi connectivity index (χ0v) is 16.1. The molecule has 0 bridgehead atoms.